The Bertz CT molecular complexity index is 383. The fourth-order valence-corrected chi connectivity index (χ4v) is 1.33. The van der Waals surface area contributed by atoms with E-state index in [1.807, 2.05) is 6.92 Å². The predicted molar refractivity (Wildman–Crippen MR) is 57.3 cm³/mol. The van der Waals surface area contributed by atoms with Crippen LogP contribution in [0.5, 0.6) is 0 Å². The van der Waals surface area contributed by atoms with E-state index in [0.717, 1.165) is 12.1 Å². The van der Waals surface area contributed by atoms with Gasteiger partial charge in [-0.15, -0.1) is 0 Å². The van der Waals surface area contributed by atoms with Gasteiger partial charge in [0, 0.05) is 13.0 Å². The van der Waals surface area contributed by atoms with Gasteiger partial charge in [0.25, 0.3) is 0 Å². The molecular formula is C11H13F3N2. The van der Waals surface area contributed by atoms with E-state index < -0.39 is 11.7 Å². The van der Waals surface area contributed by atoms with Crippen molar-refractivity contribution in [1.82, 2.24) is 0 Å². The molecule has 0 heterocycles. The summed E-state index contributed by atoms with van der Waals surface area (Å²) in [6.07, 6.45) is -4.07. The SMILES string of the molecule is CCN=C(N)Cc1cccc(C(F)(F)F)c1. The van der Waals surface area contributed by atoms with Crippen molar-refractivity contribution in [2.24, 2.45) is 10.7 Å². The van der Waals surface area contributed by atoms with Gasteiger partial charge in [-0.25, -0.2) is 0 Å². The lowest BCUT2D eigenvalue weighted by Crippen LogP contribution is -2.16. The molecule has 0 unspecified atom stereocenters. The average molecular weight is 230 g/mol. The Morgan fingerprint density at radius 2 is 2.06 bits per heavy atom. The van der Waals surface area contributed by atoms with Gasteiger partial charge in [-0.2, -0.15) is 13.2 Å². The number of amidine groups is 1. The highest BCUT2D eigenvalue weighted by Crippen LogP contribution is 2.29. The smallest absolute Gasteiger partial charge is 0.387 e. The molecule has 0 amide bonds. The van der Waals surface area contributed by atoms with Crippen LogP contribution in [0.25, 0.3) is 0 Å². The van der Waals surface area contributed by atoms with Crippen LogP contribution in [0.3, 0.4) is 0 Å². The molecule has 0 fully saturated rings. The zero-order valence-electron chi connectivity index (χ0n) is 8.88. The summed E-state index contributed by atoms with van der Waals surface area (Å²) in [4.78, 5) is 3.92. The fraction of sp³-hybridized carbons (Fsp3) is 0.364. The Labute approximate surface area is 92.0 Å². The van der Waals surface area contributed by atoms with Crippen molar-refractivity contribution < 1.29 is 13.2 Å². The summed E-state index contributed by atoms with van der Waals surface area (Å²) >= 11 is 0. The lowest BCUT2D eigenvalue weighted by molar-refractivity contribution is -0.137. The first kappa shape index (κ1) is 12.5. The van der Waals surface area contributed by atoms with E-state index in [9.17, 15) is 13.2 Å². The van der Waals surface area contributed by atoms with Crippen molar-refractivity contribution in [3.05, 3.63) is 35.4 Å². The van der Waals surface area contributed by atoms with Crippen molar-refractivity contribution in [2.45, 2.75) is 19.5 Å². The topological polar surface area (TPSA) is 38.4 Å². The van der Waals surface area contributed by atoms with Gasteiger partial charge in [-0.1, -0.05) is 18.2 Å². The van der Waals surface area contributed by atoms with Crippen LogP contribution in [0.1, 0.15) is 18.1 Å². The number of hydrogen-bond acceptors (Lipinski definition) is 1. The monoisotopic (exact) mass is 230 g/mol. The van der Waals surface area contributed by atoms with E-state index in [1.165, 1.54) is 6.07 Å². The molecule has 2 N–H and O–H groups in total. The van der Waals surface area contributed by atoms with Crippen LogP contribution in [0.4, 0.5) is 13.2 Å². The summed E-state index contributed by atoms with van der Waals surface area (Å²) in [5, 5.41) is 0. The van der Waals surface area contributed by atoms with E-state index in [-0.39, 0.29) is 6.42 Å². The molecule has 0 radical (unpaired) electrons. The van der Waals surface area contributed by atoms with Crippen LogP contribution < -0.4 is 5.73 Å². The maximum atomic E-state index is 12.4. The molecule has 1 aromatic carbocycles. The number of hydrogen-bond donors (Lipinski definition) is 1. The van der Waals surface area contributed by atoms with Crippen molar-refractivity contribution in [3.63, 3.8) is 0 Å². The number of nitrogens with two attached hydrogens (primary N) is 1. The minimum Gasteiger partial charge on any atom is -0.387 e. The van der Waals surface area contributed by atoms with E-state index >= 15 is 0 Å². The largest absolute Gasteiger partial charge is 0.416 e. The summed E-state index contributed by atoms with van der Waals surface area (Å²) in [6.45, 7) is 2.35. The number of aliphatic imine (C=N–C) groups is 1. The van der Waals surface area contributed by atoms with Gasteiger partial charge in [-0.05, 0) is 18.6 Å². The van der Waals surface area contributed by atoms with Gasteiger partial charge in [-0.3, -0.25) is 4.99 Å². The van der Waals surface area contributed by atoms with Crippen LogP contribution in [-0.2, 0) is 12.6 Å². The highest BCUT2D eigenvalue weighted by atomic mass is 19.4. The van der Waals surface area contributed by atoms with Crippen molar-refractivity contribution in [1.29, 1.82) is 0 Å². The summed E-state index contributed by atoms with van der Waals surface area (Å²) in [5.41, 5.74) is 5.40. The van der Waals surface area contributed by atoms with Crippen LogP contribution in [-0.4, -0.2) is 12.4 Å². The van der Waals surface area contributed by atoms with Gasteiger partial charge in [0.15, 0.2) is 0 Å². The Morgan fingerprint density at radius 3 is 2.62 bits per heavy atom. The minimum atomic E-state index is -4.31. The summed E-state index contributed by atoms with van der Waals surface area (Å²) in [7, 11) is 0. The molecule has 2 nitrogen and oxygen atoms in total. The first-order chi connectivity index (χ1) is 7.43. The quantitative estimate of drug-likeness (QED) is 0.629. The molecule has 0 saturated carbocycles. The maximum absolute atomic E-state index is 12.4. The van der Waals surface area contributed by atoms with Crippen LogP contribution in [0.15, 0.2) is 29.3 Å². The van der Waals surface area contributed by atoms with Gasteiger partial charge in [0.1, 0.15) is 0 Å². The van der Waals surface area contributed by atoms with E-state index in [2.05, 4.69) is 4.99 Å². The lowest BCUT2D eigenvalue weighted by atomic mass is 10.1. The molecule has 0 aliphatic heterocycles. The van der Waals surface area contributed by atoms with E-state index in [0.29, 0.717) is 17.9 Å². The third-order valence-corrected chi connectivity index (χ3v) is 2.00. The summed E-state index contributed by atoms with van der Waals surface area (Å²) in [5.74, 6) is 0.349. The molecular weight excluding hydrogens is 217 g/mol. The standard InChI is InChI=1S/C11H13F3N2/c1-2-16-10(15)7-8-4-3-5-9(6-8)11(12,13)14/h3-6H,2,7H2,1H3,(H2,15,16). The minimum absolute atomic E-state index is 0.248. The molecule has 0 aromatic heterocycles. The Balaban J connectivity index is 2.87. The lowest BCUT2D eigenvalue weighted by Gasteiger charge is -2.08. The molecule has 5 heteroatoms. The van der Waals surface area contributed by atoms with Crippen LogP contribution in [0, 0.1) is 0 Å². The first-order valence-corrected chi connectivity index (χ1v) is 4.88. The highest BCUT2D eigenvalue weighted by molar-refractivity contribution is 5.82. The second-order valence-corrected chi connectivity index (χ2v) is 3.34. The van der Waals surface area contributed by atoms with Crippen LogP contribution >= 0.6 is 0 Å². The Morgan fingerprint density at radius 1 is 1.38 bits per heavy atom. The second kappa shape index (κ2) is 5.01. The maximum Gasteiger partial charge on any atom is 0.416 e. The van der Waals surface area contributed by atoms with E-state index in [1.54, 1.807) is 6.07 Å². The number of rotatable bonds is 3. The average Bonchev–Trinajstić information content (AvgIpc) is 2.17. The zero-order valence-corrected chi connectivity index (χ0v) is 8.88. The molecule has 0 aliphatic carbocycles. The zero-order chi connectivity index (χ0) is 12.2. The highest BCUT2D eigenvalue weighted by Gasteiger charge is 2.30. The number of alkyl halides is 3. The van der Waals surface area contributed by atoms with Crippen LogP contribution in [0.2, 0.25) is 0 Å². The first-order valence-electron chi connectivity index (χ1n) is 4.88. The van der Waals surface area contributed by atoms with E-state index in [4.69, 9.17) is 5.73 Å². The second-order valence-electron chi connectivity index (χ2n) is 3.34. The van der Waals surface area contributed by atoms with Gasteiger partial charge >= 0.3 is 6.18 Å². The third kappa shape index (κ3) is 3.56. The Kier molecular flexibility index (Phi) is 3.93. The molecule has 1 aromatic rings. The molecule has 0 saturated heterocycles. The number of nitrogens with zero attached hydrogens (tertiary/aromatic N) is 1. The van der Waals surface area contributed by atoms with Crippen molar-refractivity contribution in [2.75, 3.05) is 6.54 Å². The summed E-state index contributed by atoms with van der Waals surface area (Å²) in [6, 6.07) is 5.11. The normalized spacial score (nSPS) is 12.9. The predicted octanol–water partition coefficient (Wildman–Crippen LogP) is 2.63. The molecule has 0 atom stereocenters. The van der Waals surface area contributed by atoms with Crippen molar-refractivity contribution >= 4 is 5.84 Å². The van der Waals surface area contributed by atoms with Gasteiger partial charge in [0.05, 0.1) is 11.4 Å². The Hall–Kier alpha value is -1.52. The van der Waals surface area contributed by atoms with Gasteiger partial charge < -0.3 is 5.73 Å². The molecule has 0 spiro atoms. The fourth-order valence-electron chi connectivity index (χ4n) is 1.33. The molecule has 1 rings (SSSR count). The summed E-state index contributed by atoms with van der Waals surface area (Å²) < 4.78 is 37.2. The van der Waals surface area contributed by atoms with Gasteiger partial charge in [0.2, 0.25) is 0 Å². The number of benzene rings is 1. The molecule has 88 valence electrons. The molecule has 0 bridgehead atoms. The van der Waals surface area contributed by atoms with Crippen molar-refractivity contribution in [3.8, 4) is 0 Å². The third-order valence-electron chi connectivity index (χ3n) is 2.00. The molecule has 16 heavy (non-hydrogen) atoms. The number of halogens is 3. The molecule has 0 aliphatic rings.